The van der Waals surface area contributed by atoms with Gasteiger partial charge in [0.05, 0.1) is 22.8 Å². The number of nitrogens with one attached hydrogen (secondary N) is 2. The SMILES string of the molecule is CC(NS(=O)(=O)C1CCS(=O)(=O)C1)c1ncc[nH]1. The number of hydrogen-bond donors (Lipinski definition) is 2. The highest BCUT2D eigenvalue weighted by Gasteiger charge is 2.37. The summed E-state index contributed by atoms with van der Waals surface area (Å²) >= 11 is 0. The van der Waals surface area contributed by atoms with Crippen LogP contribution in [-0.2, 0) is 19.9 Å². The lowest BCUT2D eigenvalue weighted by molar-refractivity contribution is 0.549. The average molecular weight is 293 g/mol. The molecule has 0 aliphatic carbocycles. The fourth-order valence-electron chi connectivity index (χ4n) is 1.92. The molecule has 0 amide bonds. The van der Waals surface area contributed by atoms with Crippen LogP contribution < -0.4 is 4.72 Å². The monoisotopic (exact) mass is 293 g/mol. The molecular formula is C9H15N3O4S2. The molecule has 7 nitrogen and oxygen atoms in total. The summed E-state index contributed by atoms with van der Waals surface area (Å²) < 4.78 is 49.1. The molecule has 102 valence electrons. The zero-order chi connectivity index (χ0) is 13.4. The molecule has 2 rings (SSSR count). The van der Waals surface area contributed by atoms with Crippen LogP contribution in [0.5, 0.6) is 0 Å². The van der Waals surface area contributed by atoms with Crippen LogP contribution in [0.3, 0.4) is 0 Å². The lowest BCUT2D eigenvalue weighted by Crippen LogP contribution is -2.37. The van der Waals surface area contributed by atoms with Crippen molar-refractivity contribution >= 4 is 19.9 Å². The molecule has 1 saturated heterocycles. The van der Waals surface area contributed by atoms with Crippen molar-refractivity contribution in [2.75, 3.05) is 11.5 Å². The standard InChI is InChI=1S/C9H15N3O4S2/c1-7(9-10-3-4-11-9)12-18(15,16)8-2-5-17(13,14)6-8/h3-4,7-8,12H,2,5-6H2,1H3,(H,10,11). The Kier molecular flexibility index (Phi) is 3.47. The van der Waals surface area contributed by atoms with E-state index in [2.05, 4.69) is 14.7 Å². The molecule has 1 aliphatic heterocycles. The highest BCUT2D eigenvalue weighted by molar-refractivity contribution is 7.95. The van der Waals surface area contributed by atoms with Crippen molar-refractivity contribution in [3.8, 4) is 0 Å². The fraction of sp³-hybridized carbons (Fsp3) is 0.667. The van der Waals surface area contributed by atoms with Gasteiger partial charge >= 0.3 is 0 Å². The first kappa shape index (κ1) is 13.5. The Morgan fingerprint density at radius 3 is 2.78 bits per heavy atom. The number of aromatic nitrogens is 2. The van der Waals surface area contributed by atoms with Crippen molar-refractivity contribution in [1.29, 1.82) is 0 Å². The molecule has 1 aromatic rings. The average Bonchev–Trinajstić information content (AvgIpc) is 2.85. The van der Waals surface area contributed by atoms with Gasteiger partial charge in [0.2, 0.25) is 10.0 Å². The van der Waals surface area contributed by atoms with Crippen molar-refractivity contribution in [2.45, 2.75) is 24.6 Å². The first-order valence-electron chi connectivity index (χ1n) is 5.51. The molecule has 1 aliphatic rings. The van der Waals surface area contributed by atoms with Crippen molar-refractivity contribution in [3.05, 3.63) is 18.2 Å². The highest BCUT2D eigenvalue weighted by atomic mass is 32.2. The van der Waals surface area contributed by atoms with Gasteiger partial charge in [-0.2, -0.15) is 0 Å². The second kappa shape index (κ2) is 4.63. The first-order valence-corrected chi connectivity index (χ1v) is 8.88. The number of sulfone groups is 1. The van der Waals surface area contributed by atoms with E-state index in [-0.39, 0.29) is 17.9 Å². The van der Waals surface area contributed by atoms with Crippen molar-refractivity contribution in [3.63, 3.8) is 0 Å². The van der Waals surface area contributed by atoms with E-state index in [1.165, 1.54) is 6.20 Å². The van der Waals surface area contributed by atoms with Gasteiger partial charge in [0.25, 0.3) is 0 Å². The number of nitrogens with zero attached hydrogens (tertiary/aromatic N) is 1. The molecule has 1 aromatic heterocycles. The molecule has 1 fully saturated rings. The topological polar surface area (TPSA) is 109 Å². The molecule has 2 heterocycles. The van der Waals surface area contributed by atoms with Gasteiger partial charge in [0, 0.05) is 12.4 Å². The fourth-order valence-corrected chi connectivity index (χ4v) is 6.17. The van der Waals surface area contributed by atoms with Crippen LogP contribution in [0.2, 0.25) is 0 Å². The van der Waals surface area contributed by atoms with E-state index in [0.29, 0.717) is 5.82 Å². The van der Waals surface area contributed by atoms with Crippen LogP contribution in [0.1, 0.15) is 25.2 Å². The van der Waals surface area contributed by atoms with Gasteiger partial charge in [-0.05, 0) is 13.3 Å². The van der Waals surface area contributed by atoms with Crippen LogP contribution in [-0.4, -0.2) is 43.6 Å². The third-order valence-corrected chi connectivity index (χ3v) is 6.84. The van der Waals surface area contributed by atoms with Crippen LogP contribution >= 0.6 is 0 Å². The van der Waals surface area contributed by atoms with E-state index in [1.54, 1.807) is 13.1 Å². The molecule has 9 heteroatoms. The molecule has 2 N–H and O–H groups in total. The maximum absolute atomic E-state index is 12.0. The molecule has 0 radical (unpaired) electrons. The summed E-state index contributed by atoms with van der Waals surface area (Å²) in [5.74, 6) is 0.139. The quantitative estimate of drug-likeness (QED) is 0.783. The highest BCUT2D eigenvalue weighted by Crippen LogP contribution is 2.20. The van der Waals surface area contributed by atoms with Crippen LogP contribution in [0.25, 0.3) is 0 Å². The Morgan fingerprint density at radius 1 is 1.56 bits per heavy atom. The van der Waals surface area contributed by atoms with Crippen molar-refractivity contribution in [1.82, 2.24) is 14.7 Å². The number of H-pyrrole nitrogens is 1. The van der Waals surface area contributed by atoms with Crippen molar-refractivity contribution in [2.24, 2.45) is 0 Å². The number of imidazole rings is 1. The molecule has 2 atom stereocenters. The minimum Gasteiger partial charge on any atom is -0.347 e. The maximum Gasteiger partial charge on any atom is 0.216 e. The predicted octanol–water partition coefficient (Wildman–Crippen LogP) is -0.423. The summed E-state index contributed by atoms with van der Waals surface area (Å²) in [7, 11) is -6.86. The predicted molar refractivity (Wildman–Crippen MR) is 66.1 cm³/mol. The molecule has 0 bridgehead atoms. The Labute approximate surface area is 106 Å². The summed E-state index contributed by atoms with van der Waals surface area (Å²) in [6.45, 7) is 1.65. The van der Waals surface area contributed by atoms with Gasteiger partial charge in [-0.15, -0.1) is 0 Å². The van der Waals surface area contributed by atoms with E-state index in [1.807, 2.05) is 0 Å². The Morgan fingerprint density at radius 2 is 2.28 bits per heavy atom. The third kappa shape index (κ3) is 2.90. The summed E-state index contributed by atoms with van der Waals surface area (Å²) in [5.41, 5.74) is 0. The zero-order valence-electron chi connectivity index (χ0n) is 9.83. The van der Waals surface area contributed by atoms with Gasteiger partial charge in [-0.3, -0.25) is 0 Å². The van der Waals surface area contributed by atoms with Gasteiger partial charge in [0.15, 0.2) is 9.84 Å². The lowest BCUT2D eigenvalue weighted by Gasteiger charge is -2.15. The van der Waals surface area contributed by atoms with E-state index >= 15 is 0 Å². The number of sulfonamides is 1. The van der Waals surface area contributed by atoms with Gasteiger partial charge in [-0.25, -0.2) is 26.5 Å². The molecular weight excluding hydrogens is 278 g/mol. The van der Waals surface area contributed by atoms with E-state index in [4.69, 9.17) is 0 Å². The van der Waals surface area contributed by atoms with Crippen LogP contribution in [0, 0.1) is 0 Å². The van der Waals surface area contributed by atoms with E-state index in [9.17, 15) is 16.8 Å². The second-order valence-electron chi connectivity index (χ2n) is 4.38. The summed E-state index contributed by atoms with van der Waals surface area (Å²) in [5, 5.41) is -0.861. The van der Waals surface area contributed by atoms with Crippen LogP contribution in [0.15, 0.2) is 12.4 Å². The molecule has 0 aromatic carbocycles. The smallest absolute Gasteiger partial charge is 0.216 e. The number of aromatic amines is 1. The number of hydrogen-bond acceptors (Lipinski definition) is 5. The van der Waals surface area contributed by atoms with Gasteiger partial charge in [-0.1, -0.05) is 0 Å². The summed E-state index contributed by atoms with van der Waals surface area (Å²) in [6.07, 6.45) is 3.28. The molecule has 2 unspecified atom stereocenters. The minimum absolute atomic E-state index is 0.0618. The summed E-state index contributed by atoms with van der Waals surface area (Å²) in [4.78, 5) is 6.76. The Hall–Kier alpha value is -0.930. The molecule has 18 heavy (non-hydrogen) atoms. The van der Waals surface area contributed by atoms with Crippen LogP contribution in [0.4, 0.5) is 0 Å². The molecule has 0 spiro atoms. The summed E-state index contributed by atoms with van der Waals surface area (Å²) in [6, 6.07) is -0.506. The van der Waals surface area contributed by atoms with Gasteiger partial charge < -0.3 is 4.98 Å². The van der Waals surface area contributed by atoms with E-state index in [0.717, 1.165) is 0 Å². The molecule has 0 saturated carbocycles. The largest absolute Gasteiger partial charge is 0.347 e. The third-order valence-electron chi connectivity index (χ3n) is 2.90. The van der Waals surface area contributed by atoms with Gasteiger partial charge in [0.1, 0.15) is 5.82 Å². The maximum atomic E-state index is 12.0. The van der Waals surface area contributed by atoms with E-state index < -0.39 is 31.2 Å². The minimum atomic E-state index is -3.65. The normalized spacial score (nSPS) is 25.1. The number of rotatable bonds is 4. The Bertz CT molecular complexity index is 606. The Balaban J connectivity index is 2.09. The second-order valence-corrected chi connectivity index (χ2v) is 8.61. The lowest BCUT2D eigenvalue weighted by atomic mass is 10.3. The first-order chi connectivity index (χ1) is 8.30. The van der Waals surface area contributed by atoms with Crippen molar-refractivity contribution < 1.29 is 16.8 Å². The zero-order valence-corrected chi connectivity index (χ0v) is 11.5.